The Balaban J connectivity index is 2.33. The summed E-state index contributed by atoms with van der Waals surface area (Å²) < 4.78 is 10.6. The Labute approximate surface area is 144 Å². The molecule has 0 aliphatic carbocycles. The van der Waals surface area contributed by atoms with Gasteiger partial charge >= 0.3 is 0 Å². The minimum Gasteiger partial charge on any atom is -0.469 e. The van der Waals surface area contributed by atoms with Gasteiger partial charge in [-0.2, -0.15) is 5.10 Å². The number of aliphatic imine (C=N–C) groups is 1. The van der Waals surface area contributed by atoms with Crippen molar-refractivity contribution in [2.75, 3.05) is 0 Å². The molecule has 0 unspecified atom stereocenters. The molecule has 0 radical (unpaired) electrons. The van der Waals surface area contributed by atoms with Gasteiger partial charge in [-0.15, -0.1) is 5.10 Å². The minimum atomic E-state index is -0.698. The number of benzene rings is 1. The second-order valence-corrected chi connectivity index (χ2v) is 4.48. The van der Waals surface area contributed by atoms with Crippen LogP contribution in [0.4, 0.5) is 0 Å². The van der Waals surface area contributed by atoms with Gasteiger partial charge in [0.25, 0.3) is 5.91 Å². The van der Waals surface area contributed by atoms with Gasteiger partial charge in [0.15, 0.2) is 5.71 Å². The number of amides is 1. The van der Waals surface area contributed by atoms with Crippen molar-refractivity contribution in [3.8, 4) is 5.75 Å². The molecule has 25 heavy (non-hydrogen) atoms. The van der Waals surface area contributed by atoms with Crippen molar-refractivity contribution in [3.05, 3.63) is 73.0 Å². The van der Waals surface area contributed by atoms with Crippen LogP contribution in [0, 0.1) is 0 Å². The largest absolute Gasteiger partial charge is 0.469 e. The van der Waals surface area contributed by atoms with Crippen molar-refractivity contribution < 1.29 is 14.3 Å². The molecular weight excluding hydrogens is 320 g/mol. The van der Waals surface area contributed by atoms with Crippen LogP contribution in [0.1, 0.15) is 5.56 Å². The molecule has 2 N–H and O–H groups in total. The van der Waals surface area contributed by atoms with E-state index in [1.165, 1.54) is 43.5 Å². The number of carbonyl (C=O) groups is 1. The van der Waals surface area contributed by atoms with Crippen molar-refractivity contribution >= 4 is 30.1 Å². The first-order valence-electron chi connectivity index (χ1n) is 7.26. The number of para-hydroxylation sites is 1. The molecule has 1 heterocycles. The summed E-state index contributed by atoms with van der Waals surface area (Å²) in [6, 6.07) is 7.25. The van der Waals surface area contributed by atoms with E-state index in [0.29, 0.717) is 5.75 Å². The van der Waals surface area contributed by atoms with Gasteiger partial charge in [0.1, 0.15) is 18.3 Å². The lowest BCUT2D eigenvalue weighted by molar-refractivity contribution is -0.111. The second-order valence-electron chi connectivity index (χ2n) is 4.48. The fraction of sp³-hybridized carbons (Fsp3) is 0. The summed E-state index contributed by atoms with van der Waals surface area (Å²) in [5, 5.41) is 7.52. The molecule has 126 valence electrons. The van der Waals surface area contributed by atoms with Crippen molar-refractivity contribution in [1.29, 1.82) is 0 Å². The minimum absolute atomic E-state index is 0.00193. The van der Waals surface area contributed by atoms with Gasteiger partial charge < -0.3 is 15.2 Å². The molecule has 1 aromatic carbocycles. The Morgan fingerprint density at radius 1 is 1.00 bits per heavy atom. The van der Waals surface area contributed by atoms with Gasteiger partial charge in [-0.1, -0.05) is 18.2 Å². The molecular formula is C18H16N4O3. The van der Waals surface area contributed by atoms with E-state index in [2.05, 4.69) is 15.2 Å². The van der Waals surface area contributed by atoms with Gasteiger partial charge in [0.05, 0.1) is 12.5 Å². The van der Waals surface area contributed by atoms with Crippen LogP contribution in [-0.4, -0.2) is 24.0 Å². The Hall–Kier alpha value is -3.74. The molecule has 1 aliphatic heterocycles. The van der Waals surface area contributed by atoms with E-state index in [-0.39, 0.29) is 5.71 Å². The maximum atomic E-state index is 11.4. The number of hydrogen-bond donors (Lipinski definition) is 1. The molecule has 0 spiro atoms. The highest BCUT2D eigenvalue weighted by atomic mass is 16.5. The summed E-state index contributed by atoms with van der Waals surface area (Å²) in [6.45, 7) is 0. The zero-order chi connectivity index (χ0) is 17.7. The van der Waals surface area contributed by atoms with Crippen LogP contribution in [0.15, 0.2) is 82.7 Å². The molecule has 0 atom stereocenters. The van der Waals surface area contributed by atoms with Gasteiger partial charge in [-0.3, -0.25) is 9.79 Å². The Kier molecular flexibility index (Phi) is 7.12. The highest BCUT2D eigenvalue weighted by Gasteiger charge is 2.04. The molecule has 0 aromatic heterocycles. The summed E-state index contributed by atoms with van der Waals surface area (Å²) in [4.78, 5) is 15.4. The zero-order valence-corrected chi connectivity index (χ0v) is 13.2. The molecule has 0 saturated heterocycles. The monoisotopic (exact) mass is 336 g/mol. The molecule has 1 amide bonds. The van der Waals surface area contributed by atoms with E-state index in [0.717, 1.165) is 5.56 Å². The Morgan fingerprint density at radius 2 is 1.88 bits per heavy atom. The molecule has 1 aromatic rings. The SMILES string of the molecule is NC(=O)C1=N/N=C\C=N/C=C\C=C/O/C=C\Oc2ccccc2/C=C\1. The fourth-order valence-corrected chi connectivity index (χ4v) is 1.64. The number of rotatable bonds is 1. The highest BCUT2D eigenvalue weighted by molar-refractivity contribution is 6.43. The van der Waals surface area contributed by atoms with E-state index in [1.807, 2.05) is 18.2 Å². The predicted molar refractivity (Wildman–Crippen MR) is 98.2 cm³/mol. The molecule has 0 fully saturated rings. The number of fused-ring (bicyclic) bond motifs is 1. The van der Waals surface area contributed by atoms with Crippen LogP contribution in [0.5, 0.6) is 5.75 Å². The molecule has 7 heteroatoms. The number of primary amides is 1. The summed E-state index contributed by atoms with van der Waals surface area (Å²) in [5.41, 5.74) is 6.03. The smallest absolute Gasteiger partial charge is 0.269 e. The molecule has 7 nitrogen and oxygen atoms in total. The first-order valence-corrected chi connectivity index (χ1v) is 7.26. The summed E-state index contributed by atoms with van der Waals surface area (Å²) in [7, 11) is 0. The normalized spacial score (nSPS) is 24.4. The first kappa shape index (κ1) is 17.6. The lowest BCUT2D eigenvalue weighted by atomic mass is 10.1. The van der Waals surface area contributed by atoms with Gasteiger partial charge in [0, 0.05) is 18.0 Å². The summed E-state index contributed by atoms with van der Waals surface area (Å²) in [6.07, 6.45) is 15.0. The lowest BCUT2D eigenvalue weighted by Gasteiger charge is -2.04. The van der Waals surface area contributed by atoms with Crippen LogP contribution in [0.3, 0.4) is 0 Å². The summed E-state index contributed by atoms with van der Waals surface area (Å²) >= 11 is 0. The van der Waals surface area contributed by atoms with Gasteiger partial charge in [0.2, 0.25) is 0 Å². The van der Waals surface area contributed by atoms with E-state index in [1.54, 1.807) is 24.3 Å². The molecule has 0 bridgehead atoms. The molecule has 0 saturated carbocycles. The maximum Gasteiger partial charge on any atom is 0.269 e. The predicted octanol–water partition coefficient (Wildman–Crippen LogP) is 2.59. The quantitative estimate of drug-likeness (QED) is 0.853. The standard InChI is InChI=1S/C18H16N4O3/c19-18(23)16-8-7-15-5-1-2-6-17(15)25-14-13-24-12-4-3-9-20-10-11-21-22-16/h1-14H,(H2,19,23)/b8-7-,9-3-,12-4-,14-13-,20-10-,21-11-,22-16+. The van der Waals surface area contributed by atoms with Gasteiger partial charge in [-0.25, -0.2) is 0 Å². The van der Waals surface area contributed by atoms with Crippen molar-refractivity contribution in [2.45, 2.75) is 0 Å². The number of nitrogens with zero attached hydrogens (tertiary/aromatic N) is 3. The van der Waals surface area contributed by atoms with Crippen molar-refractivity contribution in [1.82, 2.24) is 0 Å². The lowest BCUT2D eigenvalue weighted by Crippen LogP contribution is -2.21. The van der Waals surface area contributed by atoms with Crippen LogP contribution >= 0.6 is 0 Å². The number of allylic oxidation sites excluding steroid dienone is 2. The highest BCUT2D eigenvalue weighted by Crippen LogP contribution is 2.19. The van der Waals surface area contributed by atoms with Crippen LogP contribution in [0.2, 0.25) is 0 Å². The van der Waals surface area contributed by atoms with Crippen LogP contribution in [-0.2, 0) is 9.53 Å². The van der Waals surface area contributed by atoms with E-state index >= 15 is 0 Å². The zero-order valence-electron chi connectivity index (χ0n) is 13.2. The first-order chi connectivity index (χ1) is 12.3. The number of carbonyl (C=O) groups excluding carboxylic acids is 1. The van der Waals surface area contributed by atoms with Crippen molar-refractivity contribution in [3.63, 3.8) is 0 Å². The average Bonchev–Trinajstić information content (AvgIpc) is 2.61. The number of ether oxygens (including phenoxy) is 2. The van der Waals surface area contributed by atoms with E-state index < -0.39 is 5.91 Å². The Bertz CT molecular complexity index is 802. The third-order valence-corrected chi connectivity index (χ3v) is 2.75. The van der Waals surface area contributed by atoms with E-state index in [4.69, 9.17) is 15.2 Å². The Morgan fingerprint density at radius 3 is 2.76 bits per heavy atom. The van der Waals surface area contributed by atoms with Crippen LogP contribution in [0.25, 0.3) is 6.08 Å². The average molecular weight is 336 g/mol. The van der Waals surface area contributed by atoms with Crippen molar-refractivity contribution in [2.24, 2.45) is 20.9 Å². The third-order valence-electron chi connectivity index (χ3n) is 2.75. The number of nitrogens with two attached hydrogens (primary N) is 1. The topological polar surface area (TPSA) is 98.6 Å². The van der Waals surface area contributed by atoms with E-state index in [9.17, 15) is 4.79 Å². The molecule has 2 rings (SSSR count). The maximum absolute atomic E-state index is 11.4. The third kappa shape index (κ3) is 6.49. The van der Waals surface area contributed by atoms with Gasteiger partial charge in [-0.05, 0) is 30.4 Å². The fourth-order valence-electron chi connectivity index (χ4n) is 1.64. The second kappa shape index (κ2) is 10.1. The summed E-state index contributed by atoms with van der Waals surface area (Å²) in [5.74, 6) is -0.125. The number of hydrogen-bond acceptors (Lipinski definition) is 6. The van der Waals surface area contributed by atoms with Crippen LogP contribution < -0.4 is 10.5 Å². The molecule has 1 aliphatic rings.